The Morgan fingerprint density at radius 3 is 2.21 bits per heavy atom. The van der Waals surface area contributed by atoms with Crippen LogP contribution in [0.1, 0.15) is 25.7 Å². The van der Waals surface area contributed by atoms with Crippen molar-refractivity contribution in [2.24, 2.45) is 5.92 Å². The minimum Gasteiger partial charge on any atom is -0.378 e. The fraction of sp³-hybridized carbons (Fsp3) is 1.00. The zero-order valence-electron chi connectivity index (χ0n) is 9.15. The summed E-state index contributed by atoms with van der Waals surface area (Å²) in [5.41, 5.74) is 0. The minimum atomic E-state index is -0.161. The predicted molar refractivity (Wildman–Crippen MR) is 57.0 cm³/mol. The predicted octanol–water partition coefficient (Wildman–Crippen LogP) is 0.742. The van der Waals surface area contributed by atoms with Crippen molar-refractivity contribution in [2.75, 3.05) is 33.2 Å². The van der Waals surface area contributed by atoms with Crippen LogP contribution in [0.4, 0.5) is 0 Å². The molecule has 0 saturated carbocycles. The van der Waals surface area contributed by atoms with Crippen LogP contribution in [-0.2, 0) is 0 Å². The number of rotatable bonds is 2. The van der Waals surface area contributed by atoms with E-state index < -0.39 is 0 Å². The zero-order chi connectivity index (χ0) is 9.97. The van der Waals surface area contributed by atoms with Crippen LogP contribution < -0.4 is 0 Å². The molecule has 2 fully saturated rings. The molecule has 3 nitrogen and oxygen atoms in total. The third kappa shape index (κ3) is 2.27. The van der Waals surface area contributed by atoms with E-state index in [4.69, 9.17) is 0 Å². The van der Waals surface area contributed by atoms with Crippen molar-refractivity contribution in [3.05, 3.63) is 0 Å². The number of hydrogen-bond acceptors (Lipinski definition) is 3. The molecule has 0 aromatic heterocycles. The van der Waals surface area contributed by atoms with Gasteiger partial charge < -0.3 is 10.0 Å². The first kappa shape index (κ1) is 10.4. The molecule has 1 N–H and O–H groups in total. The van der Waals surface area contributed by atoms with E-state index in [1.165, 1.54) is 12.8 Å². The molecule has 2 rings (SSSR count). The lowest BCUT2D eigenvalue weighted by atomic mass is 9.95. The molecule has 82 valence electrons. The molecular weight excluding hydrogens is 176 g/mol. The van der Waals surface area contributed by atoms with Gasteiger partial charge in [0.2, 0.25) is 0 Å². The molecule has 0 radical (unpaired) electrons. The van der Waals surface area contributed by atoms with Gasteiger partial charge in [-0.3, -0.25) is 4.90 Å². The third-order valence-electron chi connectivity index (χ3n) is 3.70. The summed E-state index contributed by atoms with van der Waals surface area (Å²) in [7, 11) is 2.17. The Kier molecular flexibility index (Phi) is 3.42. The maximum absolute atomic E-state index is 10.2. The van der Waals surface area contributed by atoms with Crippen LogP contribution in [0.2, 0.25) is 0 Å². The first-order chi connectivity index (χ1) is 6.77. The van der Waals surface area contributed by atoms with E-state index in [0.717, 1.165) is 39.0 Å². The van der Waals surface area contributed by atoms with E-state index in [9.17, 15) is 5.11 Å². The Bertz CT molecular complexity index is 172. The third-order valence-corrected chi connectivity index (χ3v) is 3.70. The van der Waals surface area contributed by atoms with Crippen molar-refractivity contribution < 1.29 is 5.11 Å². The van der Waals surface area contributed by atoms with Gasteiger partial charge in [-0.05, 0) is 45.8 Å². The second-order valence-corrected chi connectivity index (χ2v) is 4.80. The molecule has 1 atom stereocenters. The average Bonchev–Trinajstić information content (AvgIpc) is 2.71. The molecule has 0 bridgehead atoms. The van der Waals surface area contributed by atoms with Crippen LogP contribution in [0.5, 0.6) is 0 Å². The largest absolute Gasteiger partial charge is 0.378 e. The van der Waals surface area contributed by atoms with Crippen molar-refractivity contribution in [3.8, 4) is 0 Å². The van der Waals surface area contributed by atoms with Gasteiger partial charge in [0.1, 0.15) is 6.23 Å². The quantitative estimate of drug-likeness (QED) is 0.709. The molecule has 0 aromatic rings. The molecule has 2 aliphatic heterocycles. The number of aliphatic hydroxyl groups is 1. The Hall–Kier alpha value is -0.120. The molecule has 14 heavy (non-hydrogen) atoms. The van der Waals surface area contributed by atoms with Gasteiger partial charge in [0, 0.05) is 19.0 Å². The summed E-state index contributed by atoms with van der Waals surface area (Å²) < 4.78 is 0. The highest BCUT2D eigenvalue weighted by Crippen LogP contribution is 2.24. The lowest BCUT2D eigenvalue weighted by molar-refractivity contribution is -0.0442. The van der Waals surface area contributed by atoms with Crippen molar-refractivity contribution in [1.29, 1.82) is 0 Å². The highest BCUT2D eigenvalue weighted by atomic mass is 16.3. The summed E-state index contributed by atoms with van der Waals surface area (Å²) >= 11 is 0. The molecule has 0 aromatic carbocycles. The van der Waals surface area contributed by atoms with Crippen LogP contribution >= 0.6 is 0 Å². The van der Waals surface area contributed by atoms with Crippen molar-refractivity contribution in [1.82, 2.24) is 9.80 Å². The van der Waals surface area contributed by atoms with Crippen molar-refractivity contribution >= 4 is 0 Å². The zero-order valence-corrected chi connectivity index (χ0v) is 9.15. The number of piperidine rings is 1. The van der Waals surface area contributed by atoms with E-state index in [-0.39, 0.29) is 6.23 Å². The summed E-state index contributed by atoms with van der Waals surface area (Å²) in [6, 6.07) is 0. The topological polar surface area (TPSA) is 26.7 Å². The molecule has 0 aliphatic carbocycles. The second kappa shape index (κ2) is 4.60. The highest BCUT2D eigenvalue weighted by Gasteiger charge is 2.29. The van der Waals surface area contributed by atoms with Crippen LogP contribution in [0.25, 0.3) is 0 Å². The Balaban J connectivity index is 1.82. The van der Waals surface area contributed by atoms with E-state index in [1.54, 1.807) is 0 Å². The molecule has 1 unspecified atom stereocenters. The molecule has 2 heterocycles. The molecule has 2 saturated heterocycles. The molecule has 0 spiro atoms. The fourth-order valence-electron chi connectivity index (χ4n) is 2.63. The average molecular weight is 198 g/mol. The van der Waals surface area contributed by atoms with Crippen molar-refractivity contribution in [2.45, 2.75) is 31.9 Å². The van der Waals surface area contributed by atoms with Gasteiger partial charge in [0.25, 0.3) is 0 Å². The van der Waals surface area contributed by atoms with Crippen LogP contribution in [-0.4, -0.2) is 54.4 Å². The van der Waals surface area contributed by atoms with Crippen molar-refractivity contribution in [3.63, 3.8) is 0 Å². The number of aliphatic hydroxyl groups excluding tert-OH is 1. The van der Waals surface area contributed by atoms with E-state index in [1.807, 2.05) is 0 Å². The van der Waals surface area contributed by atoms with Gasteiger partial charge >= 0.3 is 0 Å². The van der Waals surface area contributed by atoms with Crippen LogP contribution in [0, 0.1) is 5.92 Å². The van der Waals surface area contributed by atoms with Gasteiger partial charge in [-0.25, -0.2) is 0 Å². The number of likely N-dealkylation sites (tertiary alicyclic amines) is 2. The number of nitrogens with zero attached hydrogens (tertiary/aromatic N) is 2. The van der Waals surface area contributed by atoms with E-state index in [0.29, 0.717) is 5.92 Å². The van der Waals surface area contributed by atoms with Crippen LogP contribution in [0.3, 0.4) is 0 Å². The van der Waals surface area contributed by atoms with Crippen LogP contribution in [0.15, 0.2) is 0 Å². The van der Waals surface area contributed by atoms with Gasteiger partial charge in [-0.15, -0.1) is 0 Å². The summed E-state index contributed by atoms with van der Waals surface area (Å²) in [5, 5.41) is 10.2. The molecule has 0 amide bonds. The minimum absolute atomic E-state index is 0.161. The Morgan fingerprint density at radius 1 is 1.07 bits per heavy atom. The lowest BCUT2D eigenvalue weighted by Gasteiger charge is -2.35. The molecule has 2 aliphatic rings. The Labute approximate surface area is 86.7 Å². The lowest BCUT2D eigenvalue weighted by Crippen LogP contribution is -2.43. The maximum atomic E-state index is 10.2. The summed E-state index contributed by atoms with van der Waals surface area (Å²) in [6.07, 6.45) is 4.70. The first-order valence-corrected chi connectivity index (χ1v) is 5.88. The summed E-state index contributed by atoms with van der Waals surface area (Å²) in [6.45, 7) is 4.51. The van der Waals surface area contributed by atoms with E-state index >= 15 is 0 Å². The van der Waals surface area contributed by atoms with E-state index in [2.05, 4.69) is 16.8 Å². The summed E-state index contributed by atoms with van der Waals surface area (Å²) in [5.74, 6) is 0.518. The maximum Gasteiger partial charge on any atom is 0.110 e. The molecule has 3 heteroatoms. The van der Waals surface area contributed by atoms with Gasteiger partial charge in [0.15, 0.2) is 0 Å². The summed E-state index contributed by atoms with van der Waals surface area (Å²) in [4.78, 5) is 4.61. The molecular formula is C11H22N2O. The van der Waals surface area contributed by atoms with Gasteiger partial charge in [0.05, 0.1) is 0 Å². The normalized spacial score (nSPS) is 29.6. The number of hydrogen-bond donors (Lipinski definition) is 1. The first-order valence-electron chi connectivity index (χ1n) is 5.88. The second-order valence-electron chi connectivity index (χ2n) is 4.80. The Morgan fingerprint density at radius 2 is 1.64 bits per heavy atom. The monoisotopic (exact) mass is 198 g/mol. The smallest absolute Gasteiger partial charge is 0.110 e. The fourth-order valence-corrected chi connectivity index (χ4v) is 2.63. The van der Waals surface area contributed by atoms with Gasteiger partial charge in [-0.2, -0.15) is 0 Å². The SMILES string of the molecule is CN1CCC(C(O)N2CCCC2)CC1. The standard InChI is InChI=1S/C11H22N2O/c1-12-8-4-10(5-9-12)11(14)13-6-2-3-7-13/h10-11,14H,2-9H2,1H3. The van der Waals surface area contributed by atoms with Gasteiger partial charge in [-0.1, -0.05) is 0 Å². The highest BCUT2D eigenvalue weighted by molar-refractivity contribution is 4.79.